The predicted molar refractivity (Wildman–Crippen MR) is 222 cm³/mol. The molecule has 0 atom stereocenters. The van der Waals surface area contributed by atoms with Crippen LogP contribution in [0.2, 0.25) is 0 Å². The molecule has 13 heteroatoms. The van der Waals surface area contributed by atoms with E-state index in [1.165, 1.54) is 0 Å². The molecule has 0 saturated carbocycles. The minimum atomic E-state index is -0.278. The number of hydrogen-bond donors (Lipinski definition) is 1. The Kier molecular flexibility index (Phi) is 13.4. The molecule has 57 heavy (non-hydrogen) atoms. The zero-order chi connectivity index (χ0) is 41.9. The Morgan fingerprint density at radius 3 is 1.81 bits per heavy atom. The van der Waals surface area contributed by atoms with Gasteiger partial charge in [-0.25, -0.2) is 0 Å². The van der Waals surface area contributed by atoms with Crippen LogP contribution in [0.4, 0.5) is 0 Å². The Bertz CT molecular complexity index is 2290. The van der Waals surface area contributed by atoms with E-state index in [2.05, 4.69) is 45.0 Å². The molecular formula is C44H52BrN5O7. The molecule has 0 fully saturated rings. The number of carbonyl (C=O) groups is 2. The number of halogens is 1. The molecule has 0 unspecified atom stereocenters. The summed E-state index contributed by atoms with van der Waals surface area (Å²) in [5.74, 6) is 1.74. The number of nitriles is 1. The van der Waals surface area contributed by atoms with Gasteiger partial charge >= 0.3 is 0 Å². The van der Waals surface area contributed by atoms with Crippen LogP contribution in [0.15, 0.2) is 33.5 Å². The van der Waals surface area contributed by atoms with Crippen molar-refractivity contribution in [1.82, 2.24) is 19.8 Å². The van der Waals surface area contributed by atoms with E-state index >= 15 is 0 Å². The maximum atomic E-state index is 13.5. The van der Waals surface area contributed by atoms with Crippen LogP contribution < -0.4 is 24.5 Å². The highest BCUT2D eigenvalue weighted by Gasteiger charge is 2.32. The van der Waals surface area contributed by atoms with Crippen LogP contribution in [-0.2, 0) is 13.1 Å². The van der Waals surface area contributed by atoms with E-state index in [-0.39, 0.29) is 54.0 Å². The van der Waals surface area contributed by atoms with Crippen molar-refractivity contribution >= 4 is 27.7 Å². The summed E-state index contributed by atoms with van der Waals surface area (Å²) < 4.78 is 24.2. The van der Waals surface area contributed by atoms with Crippen LogP contribution in [0.5, 0.6) is 23.0 Å². The number of nitrogens with zero attached hydrogens (tertiary/aromatic N) is 4. The van der Waals surface area contributed by atoms with Crippen molar-refractivity contribution < 1.29 is 28.5 Å². The normalized spacial score (nSPS) is 13.8. The number of aromatic amines is 1. The van der Waals surface area contributed by atoms with Crippen LogP contribution in [-0.4, -0.2) is 70.1 Å². The molecular weight excluding hydrogens is 790 g/mol. The highest BCUT2D eigenvalue weighted by Crippen LogP contribution is 2.40. The van der Waals surface area contributed by atoms with Gasteiger partial charge in [0.25, 0.3) is 17.4 Å². The van der Waals surface area contributed by atoms with Gasteiger partial charge in [0.15, 0.2) is 0 Å². The first-order valence-corrected chi connectivity index (χ1v) is 19.9. The molecule has 6 rings (SSSR count). The average Bonchev–Trinajstić information content (AvgIpc) is 3.39. The highest BCUT2D eigenvalue weighted by atomic mass is 79.9. The van der Waals surface area contributed by atoms with Gasteiger partial charge in [0.1, 0.15) is 42.3 Å². The second-order valence-corrected chi connectivity index (χ2v) is 16.0. The number of fused-ring (bicyclic) bond motifs is 2. The minimum absolute atomic E-state index is 0.0190. The van der Waals surface area contributed by atoms with Crippen LogP contribution in [0, 0.1) is 59.8 Å². The Balaban J connectivity index is 0.000000218. The molecule has 12 nitrogen and oxygen atoms in total. The summed E-state index contributed by atoms with van der Waals surface area (Å²) in [5, 5.41) is 9.57. The summed E-state index contributed by atoms with van der Waals surface area (Å²) >= 11 is 3.55. The van der Waals surface area contributed by atoms with Gasteiger partial charge in [0.2, 0.25) is 0 Å². The van der Waals surface area contributed by atoms with Gasteiger partial charge in [-0.3, -0.25) is 19.4 Å². The van der Waals surface area contributed by atoms with E-state index in [0.29, 0.717) is 65.7 Å². The molecule has 302 valence electrons. The molecule has 4 heterocycles. The van der Waals surface area contributed by atoms with Crippen molar-refractivity contribution in [2.45, 2.75) is 101 Å². The quantitative estimate of drug-likeness (QED) is 0.187. The first-order chi connectivity index (χ1) is 26.9. The Morgan fingerprint density at radius 2 is 1.28 bits per heavy atom. The first-order valence-electron chi connectivity index (χ1n) is 19.1. The van der Waals surface area contributed by atoms with Gasteiger partial charge in [-0.15, -0.1) is 0 Å². The number of pyridine rings is 2. The Hall–Kier alpha value is -5.35. The predicted octanol–water partition coefficient (Wildman–Crippen LogP) is 7.89. The van der Waals surface area contributed by atoms with Crippen LogP contribution >= 0.6 is 15.9 Å². The Labute approximate surface area is 343 Å². The molecule has 4 aromatic rings. The van der Waals surface area contributed by atoms with Crippen LogP contribution in [0.1, 0.15) is 104 Å². The number of H-pyrrole nitrogens is 1. The van der Waals surface area contributed by atoms with E-state index in [0.717, 1.165) is 43.8 Å². The zero-order valence-electron chi connectivity index (χ0n) is 34.7. The number of ether oxygens (including phenoxy) is 4. The maximum absolute atomic E-state index is 13.5. The third kappa shape index (κ3) is 9.45. The van der Waals surface area contributed by atoms with Crippen molar-refractivity contribution in [2.75, 3.05) is 26.3 Å². The number of amides is 2. The first kappa shape index (κ1) is 42.8. The third-order valence-electron chi connectivity index (χ3n) is 9.88. The lowest BCUT2D eigenvalue weighted by atomic mass is 10.0. The Morgan fingerprint density at radius 1 is 0.772 bits per heavy atom. The lowest BCUT2D eigenvalue weighted by Gasteiger charge is -2.23. The number of hydrogen-bond acceptors (Lipinski definition) is 9. The van der Waals surface area contributed by atoms with E-state index in [4.69, 9.17) is 18.9 Å². The number of benzene rings is 2. The van der Waals surface area contributed by atoms with Crippen LogP contribution in [0.3, 0.4) is 0 Å². The van der Waals surface area contributed by atoms with Gasteiger partial charge in [0.05, 0.1) is 53.0 Å². The van der Waals surface area contributed by atoms with Crippen molar-refractivity contribution in [3.05, 3.63) is 106 Å². The average molecular weight is 843 g/mol. The van der Waals surface area contributed by atoms with Crippen molar-refractivity contribution in [3.8, 4) is 29.1 Å². The molecule has 0 aliphatic carbocycles. The molecule has 2 aromatic carbocycles. The van der Waals surface area contributed by atoms with Crippen molar-refractivity contribution in [3.63, 3.8) is 0 Å². The molecule has 2 aliphatic heterocycles. The topological polar surface area (TPSA) is 147 Å². The van der Waals surface area contributed by atoms with E-state index < -0.39 is 0 Å². The van der Waals surface area contributed by atoms with E-state index in [1.807, 2.05) is 79.3 Å². The number of aromatic nitrogens is 2. The summed E-state index contributed by atoms with van der Waals surface area (Å²) in [6.45, 7) is 23.3. The molecule has 0 saturated heterocycles. The van der Waals surface area contributed by atoms with E-state index in [1.54, 1.807) is 17.9 Å². The number of rotatable bonds is 8. The van der Waals surface area contributed by atoms with Gasteiger partial charge in [-0.2, -0.15) is 5.26 Å². The molecule has 0 spiro atoms. The third-order valence-corrected chi connectivity index (χ3v) is 10.5. The summed E-state index contributed by atoms with van der Waals surface area (Å²) in [6, 6.07) is 9.55. The minimum Gasteiger partial charge on any atom is -0.491 e. The second-order valence-electron chi connectivity index (χ2n) is 15.1. The number of nitrogens with one attached hydrogen (secondary N) is 1. The van der Waals surface area contributed by atoms with Gasteiger partial charge in [-0.05, 0) is 127 Å². The number of carbonyl (C=O) groups excluding carboxylic acids is 2. The smallest absolute Gasteiger partial charge is 0.258 e. The number of aryl methyl sites for hydroxylation is 5. The fraction of sp³-hybridized carbons (Fsp3) is 0.432. The van der Waals surface area contributed by atoms with Crippen molar-refractivity contribution in [2.24, 2.45) is 0 Å². The summed E-state index contributed by atoms with van der Waals surface area (Å²) in [5.41, 5.74) is 8.72. The summed E-state index contributed by atoms with van der Waals surface area (Å²) in [4.78, 5) is 50.1. The van der Waals surface area contributed by atoms with Gasteiger partial charge < -0.3 is 33.7 Å². The maximum Gasteiger partial charge on any atom is 0.258 e. The standard InChI is InChI=1S/C22H27BrN2O3.C22H25N3O4/c1-12(2)28-19-10-18(23)21-20(15(19)5)22(26)25(7-8-27-21)11-17-13(3)9-14(4)24-16(17)6;1-12(2)29-18-9-16(10-23)20-19(15(18)5)22(27)25(6-7-28-20)11-17-13(3)8-14(4)24-21(17)26/h9-10,12H,7-8,11H2,1-6H3;8-9,12H,6-7,11H2,1-5H3,(H,24,26). The molecule has 0 bridgehead atoms. The zero-order valence-corrected chi connectivity index (χ0v) is 36.3. The molecule has 2 amide bonds. The van der Waals surface area contributed by atoms with Gasteiger partial charge in [-0.1, -0.05) is 0 Å². The fourth-order valence-corrected chi connectivity index (χ4v) is 7.68. The molecule has 0 radical (unpaired) electrons. The van der Waals surface area contributed by atoms with E-state index in [9.17, 15) is 19.6 Å². The lowest BCUT2D eigenvalue weighted by Crippen LogP contribution is -2.35. The second kappa shape index (κ2) is 17.8. The van der Waals surface area contributed by atoms with Crippen molar-refractivity contribution in [1.29, 1.82) is 5.26 Å². The van der Waals surface area contributed by atoms with Crippen LogP contribution in [0.25, 0.3) is 0 Å². The molecule has 2 aromatic heterocycles. The molecule has 2 aliphatic rings. The largest absolute Gasteiger partial charge is 0.491 e. The monoisotopic (exact) mass is 841 g/mol. The van der Waals surface area contributed by atoms with Gasteiger partial charge in [0, 0.05) is 46.4 Å². The highest BCUT2D eigenvalue weighted by molar-refractivity contribution is 9.10. The molecule has 1 N–H and O–H groups in total. The summed E-state index contributed by atoms with van der Waals surface area (Å²) in [6.07, 6.45) is -0.0876. The SMILES string of the molecule is Cc1cc(C)c(CN2CCOc3c(Br)cc(OC(C)C)c(C)c3C2=O)c(C)n1.Cc1cc(C)c(CN2CCOc3c(C#N)cc(OC(C)C)c(C)c3C2=O)c(=O)[nH]1. The summed E-state index contributed by atoms with van der Waals surface area (Å²) in [7, 11) is 0. The fourth-order valence-electron chi connectivity index (χ4n) is 7.16. The lowest BCUT2D eigenvalue weighted by molar-refractivity contribution is 0.0734.